The molecule has 4 heteroatoms. The molecule has 94 valence electrons. The summed E-state index contributed by atoms with van der Waals surface area (Å²) < 4.78 is 0. The van der Waals surface area contributed by atoms with Gasteiger partial charge < -0.3 is 0 Å². The number of fused-ring (bicyclic) bond motifs is 1. The van der Waals surface area contributed by atoms with Crippen LogP contribution in [0, 0.1) is 0 Å². The standard InChI is InChI=1S/C15H10ClNO2/c16-11-5-7-12(8-6-11)17-14(18)9-10-3-1-2-4-13(10)15(17)19/h1-8H,9H2. The van der Waals surface area contributed by atoms with Crippen molar-refractivity contribution in [3.05, 3.63) is 64.7 Å². The van der Waals surface area contributed by atoms with Gasteiger partial charge in [-0.2, -0.15) is 0 Å². The van der Waals surface area contributed by atoms with E-state index in [2.05, 4.69) is 0 Å². The van der Waals surface area contributed by atoms with Crippen LogP contribution in [0.25, 0.3) is 0 Å². The fourth-order valence-electron chi connectivity index (χ4n) is 2.21. The van der Waals surface area contributed by atoms with Gasteiger partial charge in [-0.05, 0) is 35.9 Å². The number of anilines is 1. The summed E-state index contributed by atoms with van der Waals surface area (Å²) in [6.07, 6.45) is 0.241. The number of imide groups is 1. The molecule has 1 aliphatic rings. The summed E-state index contributed by atoms with van der Waals surface area (Å²) in [4.78, 5) is 25.7. The molecule has 3 nitrogen and oxygen atoms in total. The predicted octanol–water partition coefficient (Wildman–Crippen LogP) is 3.07. The van der Waals surface area contributed by atoms with Gasteiger partial charge in [-0.25, -0.2) is 4.90 Å². The zero-order chi connectivity index (χ0) is 13.4. The maximum Gasteiger partial charge on any atom is 0.265 e. The lowest BCUT2D eigenvalue weighted by molar-refractivity contribution is -0.117. The van der Waals surface area contributed by atoms with Gasteiger partial charge in [-0.1, -0.05) is 29.8 Å². The van der Waals surface area contributed by atoms with E-state index in [1.165, 1.54) is 4.90 Å². The fraction of sp³-hybridized carbons (Fsp3) is 0.0667. The molecule has 1 aliphatic heterocycles. The smallest absolute Gasteiger partial charge is 0.265 e. The minimum Gasteiger partial charge on any atom is -0.274 e. The number of benzene rings is 2. The average molecular weight is 272 g/mol. The summed E-state index contributed by atoms with van der Waals surface area (Å²) in [6.45, 7) is 0. The maximum atomic E-state index is 12.4. The summed E-state index contributed by atoms with van der Waals surface area (Å²) in [5, 5.41) is 0.570. The third-order valence-electron chi connectivity index (χ3n) is 3.13. The van der Waals surface area contributed by atoms with Gasteiger partial charge in [0.25, 0.3) is 5.91 Å². The van der Waals surface area contributed by atoms with Crippen molar-refractivity contribution in [2.24, 2.45) is 0 Å². The zero-order valence-corrected chi connectivity index (χ0v) is 10.7. The third-order valence-corrected chi connectivity index (χ3v) is 3.38. The molecule has 0 unspecified atom stereocenters. The molecule has 2 aromatic rings. The predicted molar refractivity (Wildman–Crippen MR) is 73.4 cm³/mol. The van der Waals surface area contributed by atoms with Crippen LogP contribution in [0.15, 0.2) is 48.5 Å². The van der Waals surface area contributed by atoms with Gasteiger partial charge in [0.15, 0.2) is 0 Å². The molecule has 0 N–H and O–H groups in total. The van der Waals surface area contributed by atoms with Crippen LogP contribution >= 0.6 is 11.6 Å². The average Bonchev–Trinajstić information content (AvgIpc) is 2.41. The second-order valence-electron chi connectivity index (χ2n) is 4.34. The summed E-state index contributed by atoms with van der Waals surface area (Å²) >= 11 is 5.82. The zero-order valence-electron chi connectivity index (χ0n) is 9.97. The van der Waals surface area contributed by atoms with Crippen molar-refractivity contribution in [1.82, 2.24) is 0 Å². The molecule has 2 aromatic carbocycles. The molecular weight excluding hydrogens is 262 g/mol. The van der Waals surface area contributed by atoms with Crippen LogP contribution < -0.4 is 4.90 Å². The molecule has 0 aliphatic carbocycles. The number of amides is 2. The number of hydrogen-bond acceptors (Lipinski definition) is 2. The highest BCUT2D eigenvalue weighted by molar-refractivity contribution is 6.31. The van der Waals surface area contributed by atoms with Gasteiger partial charge >= 0.3 is 0 Å². The molecule has 0 bridgehead atoms. The number of rotatable bonds is 1. The highest BCUT2D eigenvalue weighted by Crippen LogP contribution is 2.26. The molecular formula is C15H10ClNO2. The Kier molecular flexibility index (Phi) is 2.84. The van der Waals surface area contributed by atoms with Gasteiger partial charge in [0.1, 0.15) is 0 Å². The highest BCUT2D eigenvalue weighted by Gasteiger charge is 2.31. The minimum atomic E-state index is -0.283. The summed E-state index contributed by atoms with van der Waals surface area (Å²) in [6, 6.07) is 13.9. The monoisotopic (exact) mass is 271 g/mol. The minimum absolute atomic E-state index is 0.217. The highest BCUT2D eigenvalue weighted by atomic mass is 35.5. The van der Waals surface area contributed by atoms with Crippen molar-refractivity contribution in [2.75, 3.05) is 4.90 Å². The number of hydrogen-bond donors (Lipinski definition) is 0. The van der Waals surface area contributed by atoms with Gasteiger partial charge in [-0.3, -0.25) is 9.59 Å². The Morgan fingerprint density at radius 1 is 0.947 bits per heavy atom. The van der Waals surface area contributed by atoms with E-state index in [1.54, 1.807) is 36.4 Å². The largest absolute Gasteiger partial charge is 0.274 e. The van der Waals surface area contributed by atoms with Crippen LogP contribution in [0.1, 0.15) is 15.9 Å². The Morgan fingerprint density at radius 3 is 2.37 bits per heavy atom. The van der Waals surface area contributed by atoms with Crippen molar-refractivity contribution in [3.8, 4) is 0 Å². The second-order valence-corrected chi connectivity index (χ2v) is 4.78. The Bertz CT molecular complexity index is 664. The van der Waals surface area contributed by atoms with E-state index in [9.17, 15) is 9.59 Å². The summed E-state index contributed by atoms with van der Waals surface area (Å²) in [5.74, 6) is -0.500. The number of nitrogens with zero attached hydrogens (tertiary/aromatic N) is 1. The quantitative estimate of drug-likeness (QED) is 0.748. The summed E-state index contributed by atoms with van der Waals surface area (Å²) in [7, 11) is 0. The Labute approximate surface area is 115 Å². The Morgan fingerprint density at radius 2 is 1.63 bits per heavy atom. The SMILES string of the molecule is O=C1Cc2ccccc2C(=O)N1c1ccc(Cl)cc1. The Balaban J connectivity index is 2.06. The van der Waals surface area contributed by atoms with E-state index in [0.717, 1.165) is 5.56 Å². The van der Waals surface area contributed by atoms with Crippen molar-refractivity contribution < 1.29 is 9.59 Å². The lowest BCUT2D eigenvalue weighted by Crippen LogP contribution is -2.42. The van der Waals surface area contributed by atoms with E-state index >= 15 is 0 Å². The van der Waals surface area contributed by atoms with Crippen molar-refractivity contribution in [3.63, 3.8) is 0 Å². The molecule has 1 heterocycles. The number of carbonyl (C=O) groups is 2. The molecule has 0 radical (unpaired) electrons. The molecule has 19 heavy (non-hydrogen) atoms. The van der Waals surface area contributed by atoms with E-state index in [-0.39, 0.29) is 18.2 Å². The first-order valence-electron chi connectivity index (χ1n) is 5.87. The fourth-order valence-corrected chi connectivity index (χ4v) is 2.34. The van der Waals surface area contributed by atoms with Crippen LogP contribution in [0.4, 0.5) is 5.69 Å². The van der Waals surface area contributed by atoms with E-state index in [4.69, 9.17) is 11.6 Å². The van der Waals surface area contributed by atoms with Crippen LogP contribution in [0.2, 0.25) is 5.02 Å². The van der Waals surface area contributed by atoms with Gasteiger partial charge in [0.2, 0.25) is 5.91 Å². The molecule has 0 atom stereocenters. The van der Waals surface area contributed by atoms with Crippen LogP contribution in [-0.4, -0.2) is 11.8 Å². The number of carbonyl (C=O) groups excluding carboxylic acids is 2. The molecule has 0 saturated heterocycles. The molecule has 0 aromatic heterocycles. The van der Waals surface area contributed by atoms with Crippen molar-refractivity contribution in [2.45, 2.75) is 6.42 Å². The molecule has 0 spiro atoms. The van der Waals surface area contributed by atoms with Crippen LogP contribution in [0.3, 0.4) is 0 Å². The molecule has 0 saturated carbocycles. The van der Waals surface area contributed by atoms with Gasteiger partial charge in [0.05, 0.1) is 12.1 Å². The van der Waals surface area contributed by atoms with Gasteiger partial charge in [0, 0.05) is 10.6 Å². The van der Waals surface area contributed by atoms with Crippen molar-refractivity contribution in [1.29, 1.82) is 0 Å². The van der Waals surface area contributed by atoms with E-state index in [0.29, 0.717) is 16.3 Å². The molecule has 2 amide bonds. The van der Waals surface area contributed by atoms with E-state index in [1.807, 2.05) is 12.1 Å². The second kappa shape index (κ2) is 4.52. The number of halogens is 1. The Hall–Kier alpha value is -2.13. The molecule has 3 rings (SSSR count). The van der Waals surface area contributed by atoms with Crippen LogP contribution in [-0.2, 0) is 11.2 Å². The topological polar surface area (TPSA) is 37.4 Å². The van der Waals surface area contributed by atoms with Crippen molar-refractivity contribution >= 4 is 29.1 Å². The first kappa shape index (κ1) is 11.9. The summed E-state index contributed by atoms with van der Waals surface area (Å²) in [5.41, 5.74) is 1.91. The van der Waals surface area contributed by atoms with Crippen LogP contribution in [0.5, 0.6) is 0 Å². The maximum absolute atomic E-state index is 12.4. The first-order chi connectivity index (χ1) is 9.16. The molecule has 0 fully saturated rings. The lowest BCUT2D eigenvalue weighted by atomic mass is 9.98. The van der Waals surface area contributed by atoms with E-state index < -0.39 is 0 Å². The third kappa shape index (κ3) is 2.02. The first-order valence-corrected chi connectivity index (χ1v) is 6.25. The normalized spacial score (nSPS) is 14.5. The van der Waals surface area contributed by atoms with Gasteiger partial charge in [-0.15, -0.1) is 0 Å². The lowest BCUT2D eigenvalue weighted by Gasteiger charge is -2.26.